The molecule has 0 fully saturated rings. The lowest BCUT2D eigenvalue weighted by atomic mass is 10.1. The molecule has 0 saturated heterocycles. The summed E-state index contributed by atoms with van der Waals surface area (Å²) >= 11 is 1.50. The van der Waals surface area contributed by atoms with E-state index in [1.165, 1.54) is 11.8 Å². The van der Waals surface area contributed by atoms with Crippen molar-refractivity contribution in [3.8, 4) is 11.4 Å². The molecule has 0 aliphatic carbocycles. The van der Waals surface area contributed by atoms with Gasteiger partial charge in [0.05, 0.1) is 10.8 Å². The molecule has 0 bridgehead atoms. The van der Waals surface area contributed by atoms with E-state index in [4.69, 9.17) is 4.52 Å². The van der Waals surface area contributed by atoms with Crippen molar-refractivity contribution in [1.82, 2.24) is 30.3 Å². The molecule has 1 aromatic carbocycles. The topological polar surface area (TPSA) is 82.5 Å². The van der Waals surface area contributed by atoms with Gasteiger partial charge in [0.25, 0.3) is 0 Å². The molecule has 0 unspecified atom stereocenters. The first-order valence-corrected chi connectivity index (χ1v) is 8.17. The van der Waals surface area contributed by atoms with Crippen LogP contribution in [0, 0.1) is 0 Å². The molecule has 0 spiro atoms. The molecule has 7 nitrogen and oxygen atoms in total. The molecule has 0 N–H and O–H groups in total. The first-order valence-electron chi connectivity index (χ1n) is 7.29. The van der Waals surface area contributed by atoms with E-state index in [2.05, 4.69) is 46.4 Å². The first-order chi connectivity index (χ1) is 10.9. The molecule has 0 radical (unpaired) electrons. The van der Waals surface area contributed by atoms with E-state index in [0.717, 1.165) is 10.7 Å². The largest absolute Gasteiger partial charge is 0.338 e. The van der Waals surface area contributed by atoms with E-state index < -0.39 is 0 Å². The number of rotatable bonds is 4. The zero-order valence-electron chi connectivity index (χ0n) is 13.5. The van der Waals surface area contributed by atoms with E-state index in [-0.39, 0.29) is 10.8 Å². The second-order valence-corrected chi connectivity index (χ2v) is 7.43. The van der Waals surface area contributed by atoms with Crippen LogP contribution in [0.4, 0.5) is 0 Å². The quantitative estimate of drug-likeness (QED) is 0.678. The molecule has 1 atom stereocenters. The average Bonchev–Trinajstić information content (AvgIpc) is 3.16. The van der Waals surface area contributed by atoms with Crippen molar-refractivity contribution < 1.29 is 4.52 Å². The van der Waals surface area contributed by atoms with Crippen LogP contribution in [0.5, 0.6) is 0 Å². The van der Waals surface area contributed by atoms with Crippen LogP contribution in [0.3, 0.4) is 0 Å². The molecule has 0 aliphatic rings. The Balaban J connectivity index is 1.79. The highest BCUT2D eigenvalue weighted by molar-refractivity contribution is 7.99. The monoisotopic (exact) mass is 330 g/mol. The van der Waals surface area contributed by atoms with Crippen LogP contribution in [0.25, 0.3) is 11.4 Å². The van der Waals surface area contributed by atoms with Crippen molar-refractivity contribution in [2.75, 3.05) is 0 Å². The maximum atomic E-state index is 5.40. The van der Waals surface area contributed by atoms with Crippen LogP contribution in [0.15, 0.2) is 40.0 Å². The Bertz CT molecular complexity index is 777. The van der Waals surface area contributed by atoms with Crippen molar-refractivity contribution in [3.05, 3.63) is 36.2 Å². The predicted molar refractivity (Wildman–Crippen MR) is 86.8 cm³/mol. The van der Waals surface area contributed by atoms with Gasteiger partial charge < -0.3 is 4.52 Å². The summed E-state index contributed by atoms with van der Waals surface area (Å²) < 4.78 is 7.19. The van der Waals surface area contributed by atoms with Gasteiger partial charge in [0.2, 0.25) is 16.9 Å². The zero-order valence-corrected chi connectivity index (χ0v) is 14.3. The Labute approximate surface area is 138 Å². The minimum Gasteiger partial charge on any atom is -0.338 e. The molecule has 0 amide bonds. The standard InChI is InChI=1S/C15H18N6OS/c1-10(23-14-17-19-20-21(14)15(2,3)4)13-16-12(18-22-13)11-8-6-5-7-9-11/h5-10H,1-4H3/t10-/m0/s1. The number of nitrogens with zero attached hydrogens (tertiary/aromatic N) is 6. The third-order valence-electron chi connectivity index (χ3n) is 3.18. The van der Waals surface area contributed by atoms with Gasteiger partial charge in [0.15, 0.2) is 0 Å². The fourth-order valence-electron chi connectivity index (χ4n) is 1.99. The van der Waals surface area contributed by atoms with Crippen molar-refractivity contribution in [1.29, 1.82) is 0 Å². The van der Waals surface area contributed by atoms with Crippen LogP contribution in [0.2, 0.25) is 0 Å². The number of hydrogen-bond acceptors (Lipinski definition) is 7. The minimum atomic E-state index is -0.185. The molecule has 2 aromatic heterocycles. The van der Waals surface area contributed by atoms with Crippen LogP contribution in [-0.4, -0.2) is 30.3 Å². The number of benzene rings is 1. The van der Waals surface area contributed by atoms with Gasteiger partial charge in [-0.15, -0.1) is 5.10 Å². The van der Waals surface area contributed by atoms with Crippen molar-refractivity contribution in [2.45, 2.75) is 43.6 Å². The van der Waals surface area contributed by atoms with Crippen LogP contribution in [-0.2, 0) is 5.54 Å². The Morgan fingerprint density at radius 1 is 1.17 bits per heavy atom. The average molecular weight is 330 g/mol. The van der Waals surface area contributed by atoms with Crippen molar-refractivity contribution in [3.63, 3.8) is 0 Å². The summed E-state index contributed by atoms with van der Waals surface area (Å²) in [6.07, 6.45) is 0. The maximum absolute atomic E-state index is 5.40. The second kappa shape index (κ2) is 6.11. The third-order valence-corrected chi connectivity index (χ3v) is 4.20. The lowest BCUT2D eigenvalue weighted by Crippen LogP contribution is -2.24. The smallest absolute Gasteiger partial charge is 0.240 e. The molecule has 120 valence electrons. The number of tetrazole rings is 1. The van der Waals surface area contributed by atoms with Gasteiger partial charge in [-0.3, -0.25) is 0 Å². The van der Waals surface area contributed by atoms with E-state index >= 15 is 0 Å². The maximum Gasteiger partial charge on any atom is 0.240 e. The normalized spacial score (nSPS) is 13.2. The summed E-state index contributed by atoms with van der Waals surface area (Å²) in [6.45, 7) is 8.16. The molecule has 23 heavy (non-hydrogen) atoms. The molecule has 3 rings (SSSR count). The molecule has 3 aromatic rings. The summed E-state index contributed by atoms with van der Waals surface area (Å²) in [4.78, 5) is 4.48. The summed E-state index contributed by atoms with van der Waals surface area (Å²) in [5.74, 6) is 1.14. The highest BCUT2D eigenvalue weighted by atomic mass is 32.2. The van der Waals surface area contributed by atoms with Gasteiger partial charge in [0.1, 0.15) is 0 Å². The molecule has 8 heteroatoms. The number of aromatic nitrogens is 6. The first kappa shape index (κ1) is 15.7. The Morgan fingerprint density at radius 3 is 2.61 bits per heavy atom. The lowest BCUT2D eigenvalue weighted by molar-refractivity contribution is 0.320. The highest BCUT2D eigenvalue weighted by Gasteiger charge is 2.24. The molecular formula is C15H18N6OS. The van der Waals surface area contributed by atoms with E-state index in [0.29, 0.717) is 11.7 Å². The van der Waals surface area contributed by atoms with Gasteiger partial charge in [0, 0.05) is 5.56 Å². The highest BCUT2D eigenvalue weighted by Crippen LogP contribution is 2.34. The van der Waals surface area contributed by atoms with E-state index in [9.17, 15) is 0 Å². The molecule has 0 aliphatic heterocycles. The fourth-order valence-corrected chi connectivity index (χ4v) is 2.99. The van der Waals surface area contributed by atoms with Gasteiger partial charge in [-0.25, -0.2) is 4.68 Å². The van der Waals surface area contributed by atoms with E-state index in [1.807, 2.05) is 37.3 Å². The summed E-state index contributed by atoms with van der Waals surface area (Å²) in [5.41, 5.74) is 0.745. The molecular weight excluding hydrogens is 312 g/mol. The van der Waals surface area contributed by atoms with Crippen molar-refractivity contribution >= 4 is 11.8 Å². The molecule has 0 saturated carbocycles. The van der Waals surface area contributed by atoms with Crippen LogP contribution in [0.1, 0.15) is 38.8 Å². The van der Waals surface area contributed by atoms with Crippen LogP contribution >= 0.6 is 11.8 Å². The third kappa shape index (κ3) is 3.42. The number of thioether (sulfide) groups is 1. The summed E-state index contributed by atoms with van der Waals surface area (Å²) in [5, 5.41) is 16.6. The fraction of sp³-hybridized carbons (Fsp3) is 0.400. The predicted octanol–water partition coefficient (Wildman–Crippen LogP) is 3.33. The van der Waals surface area contributed by atoms with Crippen molar-refractivity contribution in [2.24, 2.45) is 0 Å². The van der Waals surface area contributed by atoms with Gasteiger partial charge in [-0.2, -0.15) is 4.98 Å². The van der Waals surface area contributed by atoms with Gasteiger partial charge in [-0.1, -0.05) is 47.3 Å². The Morgan fingerprint density at radius 2 is 1.91 bits per heavy atom. The Hall–Kier alpha value is -2.22. The van der Waals surface area contributed by atoms with Gasteiger partial charge in [-0.05, 0) is 38.1 Å². The Kier molecular flexibility index (Phi) is 4.16. The number of hydrogen-bond donors (Lipinski definition) is 0. The van der Waals surface area contributed by atoms with Crippen LogP contribution < -0.4 is 0 Å². The minimum absolute atomic E-state index is 0.0490. The summed E-state index contributed by atoms with van der Waals surface area (Å²) in [6, 6.07) is 9.75. The van der Waals surface area contributed by atoms with Gasteiger partial charge >= 0.3 is 0 Å². The lowest BCUT2D eigenvalue weighted by Gasteiger charge is -2.19. The SMILES string of the molecule is C[C@H](Sc1nnnn1C(C)(C)C)c1nc(-c2ccccc2)no1. The zero-order chi connectivity index (χ0) is 16.4. The summed E-state index contributed by atoms with van der Waals surface area (Å²) in [7, 11) is 0. The second-order valence-electron chi connectivity index (χ2n) is 6.13. The molecule has 2 heterocycles. The van der Waals surface area contributed by atoms with E-state index in [1.54, 1.807) is 4.68 Å².